The second kappa shape index (κ2) is 8.30. The minimum atomic E-state index is -0.887. The molecule has 2 heterocycles. The Morgan fingerprint density at radius 1 is 1.00 bits per heavy atom. The fraction of sp³-hybridized carbons (Fsp3) is 0.0870. The highest BCUT2D eigenvalue weighted by Gasteiger charge is 2.44. The third kappa shape index (κ3) is 3.70. The molecule has 1 saturated heterocycles. The van der Waals surface area contributed by atoms with E-state index in [0.29, 0.717) is 15.6 Å². The molecule has 0 saturated carbocycles. The number of halogens is 2. The lowest BCUT2D eigenvalue weighted by Crippen LogP contribution is -2.29. The smallest absolute Gasteiger partial charge is 0.295 e. The molecule has 1 fully saturated rings. The van der Waals surface area contributed by atoms with Gasteiger partial charge in [-0.3, -0.25) is 9.59 Å². The highest BCUT2D eigenvalue weighted by molar-refractivity contribution is 6.46. The number of likely N-dealkylation sites (tertiary alicyclic amines) is 1. The number of carbonyl (C=O) groups excluding carboxylic acids is 2. The number of rotatable bonds is 4. The Kier molecular flexibility index (Phi) is 5.57. The van der Waals surface area contributed by atoms with Crippen LogP contribution in [-0.2, 0) is 16.1 Å². The van der Waals surface area contributed by atoms with Gasteiger partial charge in [-0.2, -0.15) is 0 Å². The highest BCUT2D eigenvalue weighted by Crippen LogP contribution is 2.41. The van der Waals surface area contributed by atoms with Crippen molar-refractivity contribution in [2.24, 2.45) is 0 Å². The minimum Gasteiger partial charge on any atom is -0.872 e. The first-order valence-corrected chi connectivity index (χ1v) is 9.95. The summed E-state index contributed by atoms with van der Waals surface area (Å²) in [7, 11) is 0. The molecule has 150 valence electrons. The lowest BCUT2D eigenvalue weighted by molar-refractivity contribution is -0.378. The maximum atomic E-state index is 13.3. The molecule has 1 aliphatic heterocycles. The number of amides is 1. The molecule has 1 unspecified atom stereocenters. The first kappa shape index (κ1) is 20.1. The molecule has 3 aromatic rings. The monoisotopic (exact) mass is 438 g/mol. The van der Waals surface area contributed by atoms with E-state index in [-0.39, 0.29) is 17.7 Å². The molecule has 0 spiro atoms. The summed E-state index contributed by atoms with van der Waals surface area (Å²) in [4.78, 5) is 30.2. The van der Waals surface area contributed by atoms with Crippen molar-refractivity contribution in [1.29, 1.82) is 0 Å². The van der Waals surface area contributed by atoms with Crippen LogP contribution in [0.15, 0.2) is 78.6 Å². The van der Waals surface area contributed by atoms with E-state index in [9.17, 15) is 14.7 Å². The number of Topliss-reactive ketones (excluding diaryl/α,β-unsaturated/α-hetero) is 1. The first-order valence-electron chi connectivity index (χ1n) is 9.19. The molecule has 30 heavy (non-hydrogen) atoms. The summed E-state index contributed by atoms with van der Waals surface area (Å²) in [5.41, 5.74) is 1.48. The Balaban J connectivity index is 1.88. The quantitative estimate of drug-likeness (QED) is 0.356. The fourth-order valence-corrected chi connectivity index (χ4v) is 3.90. The maximum Gasteiger partial charge on any atom is 0.295 e. The van der Waals surface area contributed by atoms with Crippen molar-refractivity contribution < 1.29 is 19.7 Å². The summed E-state index contributed by atoms with van der Waals surface area (Å²) < 4.78 is 0. The average Bonchev–Trinajstić information content (AvgIpc) is 3.00. The van der Waals surface area contributed by atoms with Crippen LogP contribution in [0.4, 0.5) is 0 Å². The van der Waals surface area contributed by atoms with E-state index in [1.807, 2.05) is 6.07 Å². The van der Waals surface area contributed by atoms with Gasteiger partial charge in [0.2, 0.25) is 5.78 Å². The molecule has 7 heteroatoms. The van der Waals surface area contributed by atoms with E-state index in [2.05, 4.69) is 4.98 Å². The number of nitrogens with one attached hydrogen (secondary N) is 1. The summed E-state index contributed by atoms with van der Waals surface area (Å²) in [6.07, 6.45) is 3.48. The van der Waals surface area contributed by atoms with Gasteiger partial charge in [-0.05, 0) is 35.4 Å². The van der Waals surface area contributed by atoms with Crippen molar-refractivity contribution in [1.82, 2.24) is 4.90 Å². The largest absolute Gasteiger partial charge is 0.872 e. The number of ketones is 1. The predicted molar refractivity (Wildman–Crippen MR) is 111 cm³/mol. The van der Waals surface area contributed by atoms with Crippen LogP contribution < -0.4 is 10.1 Å². The minimum absolute atomic E-state index is 0.115. The molecular formula is C23H16Cl2N2O3. The van der Waals surface area contributed by atoms with Crippen molar-refractivity contribution in [2.45, 2.75) is 12.6 Å². The Bertz CT molecular complexity index is 1140. The van der Waals surface area contributed by atoms with E-state index in [1.165, 1.54) is 17.0 Å². The molecule has 4 rings (SSSR count). The molecule has 1 aromatic heterocycles. The topological polar surface area (TPSA) is 74.6 Å². The number of nitrogens with zero attached hydrogens (tertiary/aromatic N) is 1. The van der Waals surface area contributed by atoms with Crippen molar-refractivity contribution in [3.8, 4) is 0 Å². The Labute approximate surface area is 183 Å². The Morgan fingerprint density at radius 3 is 2.40 bits per heavy atom. The zero-order chi connectivity index (χ0) is 21.3. The number of aromatic nitrogens is 1. The zero-order valence-corrected chi connectivity index (χ0v) is 17.2. The van der Waals surface area contributed by atoms with Gasteiger partial charge >= 0.3 is 0 Å². The second-order valence-electron chi connectivity index (χ2n) is 6.85. The molecule has 1 aliphatic rings. The standard InChI is InChI=1S/C23H16Cl2N2O3/c24-16-9-7-15(8-10-16)21(28)19-20(17-5-1-2-6-18(17)25)27(23(30)22(19)29)13-14-4-3-11-26-12-14/h1-12,20,28H,13H2. The van der Waals surface area contributed by atoms with Gasteiger partial charge in [0.1, 0.15) is 0 Å². The van der Waals surface area contributed by atoms with Gasteiger partial charge in [-0.15, -0.1) is 0 Å². The number of benzene rings is 2. The number of pyridine rings is 1. The van der Waals surface area contributed by atoms with Crippen LogP contribution in [0.5, 0.6) is 0 Å². The van der Waals surface area contributed by atoms with E-state index < -0.39 is 23.5 Å². The van der Waals surface area contributed by atoms with Gasteiger partial charge in [-0.25, -0.2) is 4.98 Å². The first-order chi connectivity index (χ1) is 14.5. The van der Waals surface area contributed by atoms with Crippen LogP contribution in [0, 0.1) is 0 Å². The summed E-state index contributed by atoms with van der Waals surface area (Å²) in [5, 5.41) is 14.1. The van der Waals surface area contributed by atoms with Gasteiger partial charge in [0.25, 0.3) is 5.91 Å². The van der Waals surface area contributed by atoms with E-state index in [4.69, 9.17) is 23.2 Å². The van der Waals surface area contributed by atoms with Crippen molar-refractivity contribution >= 4 is 40.7 Å². The number of hydrogen-bond donors (Lipinski definition) is 0. The van der Waals surface area contributed by atoms with Crippen LogP contribution in [-0.4, -0.2) is 16.6 Å². The molecule has 2 aromatic carbocycles. The molecule has 0 bridgehead atoms. The molecule has 1 N–H and O–H groups in total. The molecule has 1 atom stereocenters. The van der Waals surface area contributed by atoms with Gasteiger partial charge in [-0.1, -0.05) is 59.3 Å². The van der Waals surface area contributed by atoms with E-state index >= 15 is 0 Å². The van der Waals surface area contributed by atoms with Crippen molar-refractivity contribution in [2.75, 3.05) is 0 Å². The lowest BCUT2D eigenvalue weighted by Gasteiger charge is -2.28. The molecule has 0 radical (unpaired) electrons. The van der Waals surface area contributed by atoms with Crippen LogP contribution in [0.3, 0.4) is 0 Å². The third-order valence-corrected chi connectivity index (χ3v) is 5.56. The second-order valence-corrected chi connectivity index (χ2v) is 7.69. The normalized spacial score (nSPS) is 18.1. The van der Waals surface area contributed by atoms with E-state index in [1.54, 1.807) is 54.9 Å². The van der Waals surface area contributed by atoms with Crippen molar-refractivity contribution in [3.05, 3.63) is 105 Å². The van der Waals surface area contributed by atoms with Crippen LogP contribution >= 0.6 is 23.2 Å². The summed E-state index contributed by atoms with van der Waals surface area (Å²) in [5.74, 6) is -2.07. The average molecular weight is 439 g/mol. The molecule has 0 aliphatic carbocycles. The number of aromatic amines is 1. The van der Waals surface area contributed by atoms with E-state index in [0.717, 1.165) is 5.56 Å². The molecule has 5 nitrogen and oxygen atoms in total. The maximum absolute atomic E-state index is 13.3. The van der Waals surface area contributed by atoms with Crippen molar-refractivity contribution in [3.63, 3.8) is 0 Å². The third-order valence-electron chi connectivity index (χ3n) is 4.96. The van der Waals surface area contributed by atoms with Crippen LogP contribution in [0.25, 0.3) is 5.76 Å². The number of H-pyrrole nitrogens is 1. The van der Waals surface area contributed by atoms with Crippen LogP contribution in [0.2, 0.25) is 10.0 Å². The number of carbonyl (C=O) groups is 2. The lowest BCUT2D eigenvalue weighted by atomic mass is 9.95. The number of hydrogen-bond acceptors (Lipinski definition) is 3. The highest BCUT2D eigenvalue weighted by atomic mass is 35.5. The van der Waals surface area contributed by atoms with Crippen LogP contribution in [0.1, 0.15) is 22.7 Å². The van der Waals surface area contributed by atoms with Gasteiger partial charge in [0, 0.05) is 27.2 Å². The summed E-state index contributed by atoms with van der Waals surface area (Å²) in [6.45, 7) is 0.148. The predicted octanol–water partition coefficient (Wildman–Crippen LogP) is 3.23. The Morgan fingerprint density at radius 2 is 1.73 bits per heavy atom. The van der Waals surface area contributed by atoms with Gasteiger partial charge in [0.05, 0.1) is 12.6 Å². The zero-order valence-electron chi connectivity index (χ0n) is 15.6. The van der Waals surface area contributed by atoms with Gasteiger partial charge in [0.15, 0.2) is 12.4 Å². The summed E-state index contributed by atoms with van der Waals surface area (Å²) in [6, 6.07) is 15.8. The SMILES string of the molecule is O=C1C(=O)N(Cc2ccc[nH+]c2)C(c2ccccc2Cl)C1=C([O-])c1ccc(Cl)cc1. The fourth-order valence-electron chi connectivity index (χ4n) is 3.54. The van der Waals surface area contributed by atoms with Gasteiger partial charge < -0.3 is 10.0 Å². The Hall–Kier alpha value is -3.15. The summed E-state index contributed by atoms with van der Waals surface area (Å²) >= 11 is 12.3. The molecule has 1 amide bonds. The molecular weight excluding hydrogens is 423 g/mol.